The van der Waals surface area contributed by atoms with Crippen LogP contribution in [0.25, 0.3) is 0 Å². The largest absolute Gasteiger partial charge is 0.416 e. The third-order valence-corrected chi connectivity index (χ3v) is 4.68. The fourth-order valence-electron chi connectivity index (χ4n) is 2.02. The highest BCUT2D eigenvalue weighted by Crippen LogP contribution is 2.31. The van der Waals surface area contributed by atoms with E-state index >= 15 is 0 Å². The smallest absolute Gasteiger partial charge is 0.325 e. The maximum absolute atomic E-state index is 12.7. The first kappa shape index (κ1) is 19.2. The number of anilines is 1. The number of nitrogens with one attached hydrogen (secondary N) is 1. The molecule has 1 N–H and O–H groups in total. The number of amides is 1. The number of alkyl halides is 3. The molecule has 0 aliphatic rings. The van der Waals surface area contributed by atoms with Crippen LogP contribution in [0.2, 0.25) is 0 Å². The topological polar surface area (TPSA) is 54.9 Å². The number of nitrogens with zero attached hydrogens (tertiary/aromatic N) is 2. The van der Waals surface area contributed by atoms with Crippen LogP contribution in [-0.2, 0) is 11.0 Å². The molecule has 1 heterocycles. The molecule has 0 aliphatic heterocycles. The van der Waals surface area contributed by atoms with Crippen molar-refractivity contribution in [3.63, 3.8) is 0 Å². The summed E-state index contributed by atoms with van der Waals surface area (Å²) in [6.45, 7) is 7.30. The van der Waals surface area contributed by atoms with E-state index in [4.69, 9.17) is 0 Å². The second-order valence-corrected chi connectivity index (χ2v) is 6.94. The van der Waals surface area contributed by atoms with Crippen LogP contribution in [0, 0.1) is 20.8 Å². The highest BCUT2D eigenvalue weighted by atomic mass is 32.2. The van der Waals surface area contributed by atoms with Gasteiger partial charge in [0.25, 0.3) is 0 Å². The van der Waals surface area contributed by atoms with Gasteiger partial charge in [0.1, 0.15) is 0 Å². The van der Waals surface area contributed by atoms with Gasteiger partial charge in [-0.1, -0.05) is 17.8 Å². The Balaban J connectivity index is 2.08. The normalized spacial score (nSPS) is 12.8. The van der Waals surface area contributed by atoms with Crippen molar-refractivity contribution in [2.24, 2.45) is 0 Å². The van der Waals surface area contributed by atoms with Crippen LogP contribution >= 0.6 is 11.8 Å². The summed E-state index contributed by atoms with van der Waals surface area (Å²) in [6.07, 6.45) is -4.45. The van der Waals surface area contributed by atoms with E-state index in [-0.39, 0.29) is 5.69 Å². The summed E-state index contributed by atoms with van der Waals surface area (Å²) in [7, 11) is 0. The third kappa shape index (κ3) is 4.94. The maximum atomic E-state index is 12.7. The van der Waals surface area contributed by atoms with E-state index in [1.54, 1.807) is 6.92 Å². The van der Waals surface area contributed by atoms with Crippen molar-refractivity contribution in [1.82, 2.24) is 9.97 Å². The Bertz CT molecular complexity index is 770. The number of hydrogen-bond acceptors (Lipinski definition) is 4. The van der Waals surface area contributed by atoms with Crippen molar-refractivity contribution >= 4 is 23.4 Å². The van der Waals surface area contributed by atoms with Crippen LogP contribution in [0.3, 0.4) is 0 Å². The van der Waals surface area contributed by atoms with Crippen LogP contribution in [0.4, 0.5) is 18.9 Å². The van der Waals surface area contributed by atoms with Crippen molar-refractivity contribution in [1.29, 1.82) is 0 Å². The minimum Gasteiger partial charge on any atom is -0.325 e. The zero-order chi connectivity index (χ0) is 18.8. The molecule has 0 fully saturated rings. The van der Waals surface area contributed by atoms with Gasteiger partial charge in [0.2, 0.25) is 5.91 Å². The van der Waals surface area contributed by atoms with E-state index in [0.29, 0.717) is 5.16 Å². The van der Waals surface area contributed by atoms with Crippen LogP contribution in [-0.4, -0.2) is 21.1 Å². The minimum absolute atomic E-state index is 0.101. The molecule has 2 aromatic rings. The molecular weight excluding hydrogens is 351 g/mol. The second-order valence-electron chi connectivity index (χ2n) is 5.63. The van der Waals surface area contributed by atoms with Gasteiger partial charge in [-0.3, -0.25) is 4.79 Å². The molecule has 0 saturated heterocycles. The summed E-state index contributed by atoms with van der Waals surface area (Å²) in [4.78, 5) is 20.9. The van der Waals surface area contributed by atoms with E-state index in [1.807, 2.05) is 20.8 Å². The summed E-state index contributed by atoms with van der Waals surface area (Å²) in [5.74, 6) is -0.413. The summed E-state index contributed by atoms with van der Waals surface area (Å²) < 4.78 is 38.2. The Kier molecular flexibility index (Phi) is 5.72. The minimum atomic E-state index is -4.45. The fraction of sp³-hybridized carbons (Fsp3) is 0.353. The Morgan fingerprint density at radius 3 is 2.32 bits per heavy atom. The number of carbonyl (C=O) groups excluding carboxylic acids is 1. The lowest BCUT2D eigenvalue weighted by molar-refractivity contribution is -0.137. The number of aryl methyl sites for hydroxylation is 2. The molecular formula is C17H18F3N3OS. The van der Waals surface area contributed by atoms with E-state index < -0.39 is 22.9 Å². The summed E-state index contributed by atoms with van der Waals surface area (Å²) >= 11 is 1.16. The quantitative estimate of drug-likeness (QED) is 0.635. The van der Waals surface area contributed by atoms with Crippen molar-refractivity contribution in [2.45, 2.75) is 44.3 Å². The molecule has 1 amide bonds. The van der Waals surface area contributed by atoms with Gasteiger partial charge in [0, 0.05) is 17.1 Å². The zero-order valence-corrected chi connectivity index (χ0v) is 15.0. The number of aromatic nitrogens is 2. The van der Waals surface area contributed by atoms with Crippen LogP contribution in [0.5, 0.6) is 0 Å². The van der Waals surface area contributed by atoms with E-state index in [9.17, 15) is 18.0 Å². The SMILES string of the molecule is Cc1nc(S[C@@H](C)C(=O)Nc2cccc(C(F)(F)F)c2)nc(C)c1C. The number of thioether (sulfide) groups is 1. The van der Waals surface area contributed by atoms with E-state index in [0.717, 1.165) is 40.8 Å². The van der Waals surface area contributed by atoms with Gasteiger partial charge in [-0.25, -0.2) is 9.97 Å². The standard InChI is InChI=1S/C17H18F3N3OS/c1-9-10(2)21-16(22-11(9)3)25-12(4)15(24)23-14-7-5-6-13(8-14)17(18,19)20/h5-8,12H,1-4H3,(H,23,24)/t12-/m0/s1. The first-order valence-electron chi connectivity index (χ1n) is 7.54. The van der Waals surface area contributed by atoms with Gasteiger partial charge in [-0.05, 0) is 51.5 Å². The van der Waals surface area contributed by atoms with Gasteiger partial charge in [-0.15, -0.1) is 0 Å². The number of hydrogen-bond donors (Lipinski definition) is 1. The van der Waals surface area contributed by atoms with Gasteiger partial charge in [0.05, 0.1) is 10.8 Å². The van der Waals surface area contributed by atoms with Gasteiger partial charge >= 0.3 is 6.18 Å². The zero-order valence-electron chi connectivity index (χ0n) is 14.2. The monoisotopic (exact) mass is 369 g/mol. The molecule has 0 spiro atoms. The van der Waals surface area contributed by atoms with Gasteiger partial charge < -0.3 is 5.32 Å². The number of carbonyl (C=O) groups is 1. The first-order valence-corrected chi connectivity index (χ1v) is 8.42. The molecule has 8 heteroatoms. The third-order valence-electron chi connectivity index (χ3n) is 3.72. The molecule has 4 nitrogen and oxygen atoms in total. The molecule has 25 heavy (non-hydrogen) atoms. The van der Waals surface area contributed by atoms with Crippen LogP contribution in [0.1, 0.15) is 29.4 Å². The molecule has 0 aliphatic carbocycles. The van der Waals surface area contributed by atoms with Gasteiger partial charge in [-0.2, -0.15) is 13.2 Å². The molecule has 0 radical (unpaired) electrons. The van der Waals surface area contributed by atoms with Crippen molar-refractivity contribution in [3.8, 4) is 0 Å². The Hall–Kier alpha value is -2.09. The summed E-state index contributed by atoms with van der Waals surface area (Å²) in [5.41, 5.74) is 1.95. The highest BCUT2D eigenvalue weighted by Gasteiger charge is 2.30. The molecule has 0 saturated carbocycles. The first-order chi connectivity index (χ1) is 11.6. The number of rotatable bonds is 4. The Morgan fingerprint density at radius 2 is 1.76 bits per heavy atom. The Labute approximate surface area is 148 Å². The predicted molar refractivity (Wildman–Crippen MR) is 91.6 cm³/mol. The highest BCUT2D eigenvalue weighted by molar-refractivity contribution is 8.00. The molecule has 134 valence electrons. The average Bonchev–Trinajstić information content (AvgIpc) is 2.52. The maximum Gasteiger partial charge on any atom is 0.416 e. The van der Waals surface area contributed by atoms with Crippen molar-refractivity contribution in [3.05, 3.63) is 46.8 Å². The lowest BCUT2D eigenvalue weighted by Gasteiger charge is -2.14. The van der Waals surface area contributed by atoms with Gasteiger partial charge in [0.15, 0.2) is 5.16 Å². The average molecular weight is 369 g/mol. The van der Waals surface area contributed by atoms with E-state index in [1.165, 1.54) is 12.1 Å². The van der Waals surface area contributed by atoms with Crippen LogP contribution < -0.4 is 5.32 Å². The number of benzene rings is 1. The van der Waals surface area contributed by atoms with Crippen molar-refractivity contribution < 1.29 is 18.0 Å². The summed E-state index contributed by atoms with van der Waals surface area (Å²) in [6, 6.07) is 4.54. The molecule has 0 bridgehead atoms. The summed E-state index contributed by atoms with van der Waals surface area (Å²) in [5, 5.41) is 2.41. The predicted octanol–water partition coefficient (Wildman–Crippen LogP) is 4.54. The number of halogens is 3. The molecule has 0 unspecified atom stereocenters. The lowest BCUT2D eigenvalue weighted by atomic mass is 10.2. The van der Waals surface area contributed by atoms with Crippen LogP contribution in [0.15, 0.2) is 29.4 Å². The molecule has 1 atom stereocenters. The Morgan fingerprint density at radius 1 is 1.16 bits per heavy atom. The fourth-order valence-corrected chi connectivity index (χ4v) is 2.88. The second kappa shape index (κ2) is 7.43. The lowest BCUT2D eigenvalue weighted by Crippen LogP contribution is -2.23. The van der Waals surface area contributed by atoms with Crippen molar-refractivity contribution in [2.75, 3.05) is 5.32 Å². The van der Waals surface area contributed by atoms with E-state index in [2.05, 4.69) is 15.3 Å². The molecule has 1 aromatic carbocycles. The molecule has 1 aromatic heterocycles. The molecule has 2 rings (SSSR count).